The van der Waals surface area contributed by atoms with Gasteiger partial charge < -0.3 is 10.6 Å². The summed E-state index contributed by atoms with van der Waals surface area (Å²) in [5.41, 5.74) is 6.96. The fraction of sp³-hybridized carbons (Fsp3) is 0.500. The lowest BCUT2D eigenvalue weighted by molar-refractivity contribution is 0.0605. The Morgan fingerprint density at radius 3 is 2.91 bits per heavy atom. The summed E-state index contributed by atoms with van der Waals surface area (Å²) in [6.07, 6.45) is 4.84. The molecule has 1 unspecified atom stereocenters. The largest absolute Gasteiger partial charge is 0.368 e. The Hall–Kier alpha value is -2.02. The summed E-state index contributed by atoms with van der Waals surface area (Å²) in [4.78, 5) is 27.7. The van der Waals surface area contributed by atoms with Crippen molar-refractivity contribution in [3.05, 3.63) is 34.0 Å². The predicted octanol–water partition coefficient (Wildman–Crippen LogP) is 3.01. The molecule has 1 aliphatic heterocycles. The highest BCUT2D eigenvalue weighted by Gasteiger charge is 2.31. The van der Waals surface area contributed by atoms with Gasteiger partial charge in [-0.25, -0.2) is 15.0 Å². The normalized spacial score (nSPS) is 18.4. The van der Waals surface area contributed by atoms with Crippen LogP contribution in [0.1, 0.15) is 66.3 Å². The van der Waals surface area contributed by atoms with Crippen LogP contribution in [0, 0.1) is 0 Å². The number of nitrogens with two attached hydrogens (primary N) is 1. The van der Waals surface area contributed by atoms with E-state index < -0.39 is 0 Å². The summed E-state index contributed by atoms with van der Waals surface area (Å²) >= 11 is 1.59. The predicted molar refractivity (Wildman–Crippen MR) is 90.3 cm³/mol. The minimum atomic E-state index is -0.0825. The van der Waals surface area contributed by atoms with E-state index >= 15 is 0 Å². The molecule has 7 heteroatoms. The molecule has 1 aliphatic rings. The van der Waals surface area contributed by atoms with Crippen molar-refractivity contribution in [2.75, 3.05) is 12.3 Å². The zero-order valence-corrected chi connectivity index (χ0v) is 14.2. The molecule has 0 radical (unpaired) electrons. The van der Waals surface area contributed by atoms with Crippen LogP contribution < -0.4 is 5.73 Å². The van der Waals surface area contributed by atoms with Crippen molar-refractivity contribution < 1.29 is 4.79 Å². The number of likely N-dealkylation sites (tertiary alicyclic amines) is 1. The second-order valence-corrected chi connectivity index (χ2v) is 7.00. The summed E-state index contributed by atoms with van der Waals surface area (Å²) in [5.74, 6) is 0.270. The molecule has 3 rings (SSSR count). The molecule has 2 N–H and O–H groups in total. The second kappa shape index (κ2) is 6.62. The topological polar surface area (TPSA) is 85.0 Å². The van der Waals surface area contributed by atoms with E-state index in [0.29, 0.717) is 5.69 Å². The van der Waals surface area contributed by atoms with Crippen molar-refractivity contribution in [3.8, 4) is 0 Å². The monoisotopic (exact) mass is 331 g/mol. The van der Waals surface area contributed by atoms with E-state index in [1.54, 1.807) is 23.6 Å². The van der Waals surface area contributed by atoms with Crippen LogP contribution in [0.3, 0.4) is 0 Å². The van der Waals surface area contributed by atoms with Gasteiger partial charge in [-0.15, -0.1) is 11.3 Å². The number of hydrogen-bond acceptors (Lipinski definition) is 6. The summed E-state index contributed by atoms with van der Waals surface area (Å²) in [6.45, 7) is 4.77. The Labute approximate surface area is 139 Å². The number of amides is 1. The molecule has 2 aromatic heterocycles. The molecule has 1 atom stereocenters. The Morgan fingerprint density at radius 2 is 2.22 bits per heavy atom. The molecule has 0 aliphatic carbocycles. The first-order valence-electron chi connectivity index (χ1n) is 7.91. The molecule has 2 aromatic rings. The maximum Gasteiger partial charge on any atom is 0.273 e. The van der Waals surface area contributed by atoms with Crippen LogP contribution in [0.25, 0.3) is 0 Å². The number of anilines is 1. The minimum Gasteiger partial charge on any atom is -0.368 e. The first-order chi connectivity index (χ1) is 11.1. The van der Waals surface area contributed by atoms with Crippen LogP contribution >= 0.6 is 11.3 Å². The Bertz CT molecular complexity index is 686. The molecule has 1 amide bonds. The zero-order chi connectivity index (χ0) is 16.4. The lowest BCUT2D eigenvalue weighted by Gasteiger charge is -2.34. The number of hydrogen-bond donors (Lipinski definition) is 1. The van der Waals surface area contributed by atoms with E-state index in [0.717, 1.165) is 36.5 Å². The SMILES string of the molecule is CC(C)c1cc(C(=O)N2CCCCC2c2nccs2)nc(N)n1. The molecule has 0 spiro atoms. The fourth-order valence-corrected chi connectivity index (χ4v) is 3.65. The number of carbonyl (C=O) groups excluding carboxylic acids is 1. The smallest absolute Gasteiger partial charge is 0.273 e. The Morgan fingerprint density at radius 1 is 1.39 bits per heavy atom. The standard InChI is InChI=1S/C16H21N5OS/c1-10(2)11-9-12(20-16(17)19-11)15(22)21-7-4-3-5-13(21)14-18-6-8-23-14/h6,8-10,13H,3-5,7H2,1-2H3,(H2,17,19,20). The van der Waals surface area contributed by atoms with Gasteiger partial charge >= 0.3 is 0 Å². The van der Waals surface area contributed by atoms with Gasteiger partial charge in [0.1, 0.15) is 10.7 Å². The van der Waals surface area contributed by atoms with Gasteiger partial charge in [-0.1, -0.05) is 13.8 Å². The van der Waals surface area contributed by atoms with Crippen molar-refractivity contribution in [2.24, 2.45) is 0 Å². The third-order valence-corrected chi connectivity index (χ3v) is 4.95. The number of thiazole rings is 1. The number of nitrogen functional groups attached to an aromatic ring is 1. The van der Waals surface area contributed by atoms with E-state index in [2.05, 4.69) is 15.0 Å². The quantitative estimate of drug-likeness (QED) is 0.934. The lowest BCUT2D eigenvalue weighted by atomic mass is 10.0. The summed E-state index contributed by atoms with van der Waals surface area (Å²) in [6, 6.07) is 1.80. The third-order valence-electron chi connectivity index (χ3n) is 4.07. The van der Waals surface area contributed by atoms with Gasteiger partial charge in [0, 0.05) is 23.8 Å². The molecule has 122 valence electrons. The Balaban J connectivity index is 1.91. The van der Waals surface area contributed by atoms with Gasteiger partial charge in [0.2, 0.25) is 5.95 Å². The van der Waals surface area contributed by atoms with Crippen molar-refractivity contribution in [1.29, 1.82) is 0 Å². The summed E-state index contributed by atoms with van der Waals surface area (Å²) in [7, 11) is 0. The van der Waals surface area contributed by atoms with Crippen LogP contribution in [-0.4, -0.2) is 32.3 Å². The number of carbonyl (C=O) groups is 1. The fourth-order valence-electron chi connectivity index (χ4n) is 2.87. The van der Waals surface area contributed by atoms with Crippen LogP contribution in [-0.2, 0) is 0 Å². The van der Waals surface area contributed by atoms with E-state index in [9.17, 15) is 4.79 Å². The molecular formula is C16H21N5OS. The molecular weight excluding hydrogens is 310 g/mol. The van der Waals surface area contributed by atoms with Gasteiger partial charge in [-0.3, -0.25) is 4.79 Å². The number of piperidine rings is 1. The third kappa shape index (κ3) is 3.34. The van der Waals surface area contributed by atoms with Gasteiger partial charge in [0.15, 0.2) is 0 Å². The molecule has 0 saturated carbocycles. The van der Waals surface area contributed by atoms with Gasteiger partial charge in [0.25, 0.3) is 5.91 Å². The van der Waals surface area contributed by atoms with E-state index in [-0.39, 0.29) is 23.8 Å². The average Bonchev–Trinajstić information content (AvgIpc) is 3.08. The van der Waals surface area contributed by atoms with Crippen molar-refractivity contribution in [3.63, 3.8) is 0 Å². The lowest BCUT2D eigenvalue weighted by Crippen LogP contribution is -2.39. The van der Waals surface area contributed by atoms with Crippen molar-refractivity contribution in [2.45, 2.75) is 45.1 Å². The van der Waals surface area contributed by atoms with Crippen LogP contribution in [0.4, 0.5) is 5.95 Å². The summed E-state index contributed by atoms with van der Waals surface area (Å²) < 4.78 is 0. The highest BCUT2D eigenvalue weighted by Crippen LogP contribution is 2.33. The van der Waals surface area contributed by atoms with Crippen LogP contribution in [0.2, 0.25) is 0 Å². The van der Waals surface area contributed by atoms with Crippen molar-refractivity contribution in [1.82, 2.24) is 19.9 Å². The van der Waals surface area contributed by atoms with Crippen molar-refractivity contribution >= 4 is 23.2 Å². The molecule has 0 bridgehead atoms. The van der Waals surface area contributed by atoms with Gasteiger partial charge in [-0.05, 0) is 31.2 Å². The van der Waals surface area contributed by atoms with E-state index in [1.165, 1.54) is 0 Å². The van der Waals surface area contributed by atoms with E-state index in [1.807, 2.05) is 24.1 Å². The minimum absolute atomic E-state index is 0.0370. The highest BCUT2D eigenvalue weighted by atomic mass is 32.1. The number of rotatable bonds is 3. The number of aromatic nitrogens is 3. The summed E-state index contributed by atoms with van der Waals surface area (Å²) in [5, 5.41) is 2.94. The molecule has 6 nitrogen and oxygen atoms in total. The molecule has 1 saturated heterocycles. The maximum atomic E-state index is 13.0. The molecule has 23 heavy (non-hydrogen) atoms. The molecule has 0 aromatic carbocycles. The molecule has 1 fully saturated rings. The first kappa shape index (κ1) is 15.9. The Kier molecular flexibility index (Phi) is 4.56. The number of nitrogens with zero attached hydrogens (tertiary/aromatic N) is 4. The maximum absolute atomic E-state index is 13.0. The van der Waals surface area contributed by atoms with E-state index in [4.69, 9.17) is 5.73 Å². The van der Waals surface area contributed by atoms with Gasteiger partial charge in [-0.2, -0.15) is 0 Å². The van der Waals surface area contributed by atoms with Crippen LogP contribution in [0.5, 0.6) is 0 Å². The molecule has 3 heterocycles. The highest BCUT2D eigenvalue weighted by molar-refractivity contribution is 7.09. The first-order valence-corrected chi connectivity index (χ1v) is 8.79. The second-order valence-electron chi connectivity index (χ2n) is 6.07. The van der Waals surface area contributed by atoms with Gasteiger partial charge in [0.05, 0.1) is 6.04 Å². The zero-order valence-electron chi connectivity index (χ0n) is 13.4. The average molecular weight is 331 g/mol. The van der Waals surface area contributed by atoms with Crippen LogP contribution in [0.15, 0.2) is 17.6 Å².